The molecular formula is C21H19F4NO5S. The Hall–Kier alpha value is -3.21. The molecule has 1 N–H and O–H groups in total. The zero-order valence-corrected chi connectivity index (χ0v) is 17.8. The van der Waals surface area contributed by atoms with Gasteiger partial charge in [-0.2, -0.15) is 0 Å². The molecule has 0 spiro atoms. The van der Waals surface area contributed by atoms with Crippen molar-refractivity contribution in [1.29, 1.82) is 0 Å². The van der Waals surface area contributed by atoms with E-state index in [1.54, 1.807) is 0 Å². The molecule has 0 radical (unpaired) electrons. The first-order chi connectivity index (χ1) is 15.2. The Balaban J connectivity index is 2.28. The van der Waals surface area contributed by atoms with Crippen LogP contribution in [0.4, 0.5) is 17.6 Å². The van der Waals surface area contributed by atoms with Gasteiger partial charge in [0.05, 0.1) is 36.6 Å². The van der Waals surface area contributed by atoms with E-state index in [-0.39, 0.29) is 17.6 Å². The van der Waals surface area contributed by atoms with Gasteiger partial charge in [0.15, 0.2) is 17.1 Å². The zero-order chi connectivity index (χ0) is 23.8. The smallest absolute Gasteiger partial charge is 0.343 e. The molecule has 0 aromatic heterocycles. The number of carbonyl (C=O) groups is 1. The van der Waals surface area contributed by atoms with Gasteiger partial charge in [-0.1, -0.05) is 0 Å². The van der Waals surface area contributed by atoms with Crippen molar-refractivity contribution >= 4 is 28.7 Å². The number of esters is 1. The van der Waals surface area contributed by atoms with Crippen LogP contribution in [0.15, 0.2) is 51.9 Å². The summed E-state index contributed by atoms with van der Waals surface area (Å²) in [5.41, 5.74) is -3.53. The number of alkyl halides is 1. The number of aliphatic hydroxyl groups is 1. The molecule has 0 saturated carbocycles. The minimum absolute atomic E-state index is 0.128. The summed E-state index contributed by atoms with van der Waals surface area (Å²) in [6.07, 6.45) is 0.686. The molecule has 0 aliphatic heterocycles. The molecular weight excluding hydrogens is 454 g/mol. The molecule has 32 heavy (non-hydrogen) atoms. The second-order valence-electron chi connectivity index (χ2n) is 6.11. The first-order valence-electron chi connectivity index (χ1n) is 9.13. The van der Waals surface area contributed by atoms with Gasteiger partial charge in [-0.15, -0.1) is 0 Å². The Morgan fingerprint density at radius 2 is 1.78 bits per heavy atom. The Kier molecular flexibility index (Phi) is 8.94. The van der Waals surface area contributed by atoms with E-state index in [2.05, 4.69) is 4.99 Å². The fraction of sp³-hybridized carbons (Fsp3) is 0.238. The maximum Gasteiger partial charge on any atom is 0.343 e. The second-order valence-corrected chi connectivity index (χ2v) is 7.68. The minimum atomic E-state index is -2.11. The van der Waals surface area contributed by atoms with E-state index in [0.29, 0.717) is 18.0 Å². The zero-order valence-electron chi connectivity index (χ0n) is 17.0. The Labute approximate surface area is 183 Å². The molecule has 6 nitrogen and oxygen atoms in total. The summed E-state index contributed by atoms with van der Waals surface area (Å²) in [5, 5.41) is 10.3. The lowest BCUT2D eigenvalue weighted by atomic mass is 10.1. The second kappa shape index (κ2) is 11.4. The lowest BCUT2D eigenvalue weighted by Crippen LogP contribution is -2.15. The van der Waals surface area contributed by atoms with Crippen LogP contribution in [0.5, 0.6) is 5.75 Å². The maximum atomic E-state index is 14.4. The van der Waals surface area contributed by atoms with E-state index in [9.17, 15) is 31.7 Å². The molecule has 0 bridgehead atoms. The van der Waals surface area contributed by atoms with Crippen molar-refractivity contribution in [3.8, 4) is 5.75 Å². The van der Waals surface area contributed by atoms with E-state index < -0.39 is 63.2 Å². The van der Waals surface area contributed by atoms with Gasteiger partial charge in [0.1, 0.15) is 22.9 Å². The Morgan fingerprint density at radius 1 is 1.16 bits per heavy atom. The molecule has 2 rings (SSSR count). The van der Waals surface area contributed by atoms with Crippen LogP contribution in [-0.4, -0.2) is 47.3 Å². The van der Waals surface area contributed by atoms with E-state index in [0.717, 1.165) is 0 Å². The predicted molar refractivity (Wildman–Crippen MR) is 110 cm³/mol. The van der Waals surface area contributed by atoms with E-state index >= 15 is 0 Å². The number of halogens is 4. The van der Waals surface area contributed by atoms with Crippen molar-refractivity contribution in [3.05, 3.63) is 65.0 Å². The maximum absolute atomic E-state index is 14.4. The number of carbonyl (C=O) groups excluding carboxylic acids is 1. The van der Waals surface area contributed by atoms with Crippen molar-refractivity contribution in [1.82, 2.24) is 0 Å². The van der Waals surface area contributed by atoms with Crippen molar-refractivity contribution in [2.24, 2.45) is 4.99 Å². The molecule has 2 unspecified atom stereocenters. The van der Waals surface area contributed by atoms with Crippen LogP contribution in [0, 0.1) is 17.5 Å². The number of hydrogen-bond acceptors (Lipinski definition) is 6. The fourth-order valence-electron chi connectivity index (χ4n) is 2.42. The molecule has 2 aromatic rings. The lowest BCUT2D eigenvalue weighted by Gasteiger charge is -2.09. The van der Waals surface area contributed by atoms with Gasteiger partial charge < -0.3 is 14.6 Å². The van der Waals surface area contributed by atoms with E-state index in [1.807, 2.05) is 0 Å². The average molecular weight is 473 g/mol. The summed E-state index contributed by atoms with van der Waals surface area (Å²) in [7, 11) is -0.666. The van der Waals surface area contributed by atoms with Crippen LogP contribution in [0.1, 0.15) is 12.5 Å². The number of benzene rings is 2. The van der Waals surface area contributed by atoms with Crippen LogP contribution >= 0.6 is 0 Å². The quantitative estimate of drug-likeness (QED) is 0.148. The number of methoxy groups -OCH3 is 1. The standard InChI is InChI=1S/C21H19F4NO5S/c1-3-31-21(28)15(20(27)14-8-17(23)18(24)9-16(14)22)10-26-11-19(25)32(29)13-6-4-12(30-2)5-7-13/h4-10,19,27H,3,11H2,1-2H3/b20-15+,26-10?. The summed E-state index contributed by atoms with van der Waals surface area (Å²) in [6.45, 7) is 0.642. The Morgan fingerprint density at radius 3 is 2.38 bits per heavy atom. The molecule has 172 valence electrons. The number of hydrogen-bond donors (Lipinski definition) is 1. The molecule has 2 aromatic carbocycles. The van der Waals surface area contributed by atoms with Crippen LogP contribution < -0.4 is 4.74 Å². The highest BCUT2D eigenvalue weighted by Gasteiger charge is 2.22. The number of rotatable bonds is 9. The Bertz CT molecular complexity index is 1060. The highest BCUT2D eigenvalue weighted by atomic mass is 32.2. The van der Waals surface area contributed by atoms with Crippen molar-refractivity contribution in [3.63, 3.8) is 0 Å². The lowest BCUT2D eigenvalue weighted by molar-refractivity contribution is -0.137. The normalized spacial score (nSPS) is 14.1. The van der Waals surface area contributed by atoms with Crippen molar-refractivity contribution < 1.29 is 41.1 Å². The van der Waals surface area contributed by atoms with Gasteiger partial charge in [-0.25, -0.2) is 22.4 Å². The third-order valence-electron chi connectivity index (χ3n) is 4.01. The molecule has 0 fully saturated rings. The fourth-order valence-corrected chi connectivity index (χ4v) is 3.34. The molecule has 0 aliphatic carbocycles. The SMILES string of the molecule is CCOC(=O)/C(C=NCC(F)S(=O)c1ccc(OC)cc1)=C(/O)c1cc(F)c(F)cc1F. The highest BCUT2D eigenvalue weighted by Crippen LogP contribution is 2.23. The molecule has 0 saturated heterocycles. The largest absolute Gasteiger partial charge is 0.506 e. The van der Waals surface area contributed by atoms with Crippen molar-refractivity contribution in [2.75, 3.05) is 20.3 Å². The molecule has 2 atom stereocenters. The summed E-state index contributed by atoms with van der Waals surface area (Å²) in [6, 6.07) is 6.36. The van der Waals surface area contributed by atoms with Crippen LogP contribution in [-0.2, 0) is 20.3 Å². The molecule has 0 amide bonds. The van der Waals surface area contributed by atoms with Gasteiger partial charge in [0, 0.05) is 17.2 Å². The minimum Gasteiger partial charge on any atom is -0.506 e. The van der Waals surface area contributed by atoms with Gasteiger partial charge >= 0.3 is 5.97 Å². The summed E-state index contributed by atoms with van der Waals surface area (Å²) in [4.78, 5) is 15.9. The summed E-state index contributed by atoms with van der Waals surface area (Å²) >= 11 is 0. The first kappa shape index (κ1) is 25.1. The van der Waals surface area contributed by atoms with Gasteiger partial charge in [0.2, 0.25) is 0 Å². The monoisotopic (exact) mass is 473 g/mol. The number of ether oxygens (including phenoxy) is 2. The van der Waals surface area contributed by atoms with Crippen LogP contribution in [0.2, 0.25) is 0 Å². The molecule has 0 aliphatic rings. The van der Waals surface area contributed by atoms with Gasteiger partial charge in [-0.3, -0.25) is 9.20 Å². The number of nitrogens with zero attached hydrogens (tertiary/aromatic N) is 1. The average Bonchev–Trinajstić information content (AvgIpc) is 2.78. The van der Waals surface area contributed by atoms with Crippen molar-refractivity contribution in [2.45, 2.75) is 17.3 Å². The van der Waals surface area contributed by atoms with Crippen LogP contribution in [0.3, 0.4) is 0 Å². The third-order valence-corrected chi connectivity index (χ3v) is 5.36. The van der Waals surface area contributed by atoms with Gasteiger partial charge in [-0.05, 0) is 37.3 Å². The van der Waals surface area contributed by atoms with Crippen LogP contribution in [0.25, 0.3) is 5.76 Å². The predicted octanol–water partition coefficient (Wildman–Crippen LogP) is 4.12. The summed E-state index contributed by atoms with van der Waals surface area (Å²) in [5.74, 6) is -6.07. The van der Waals surface area contributed by atoms with E-state index in [1.165, 1.54) is 38.3 Å². The summed E-state index contributed by atoms with van der Waals surface area (Å²) < 4.78 is 76.9. The number of aliphatic imine (C=N–C) groups is 1. The van der Waals surface area contributed by atoms with Gasteiger partial charge in [0.25, 0.3) is 0 Å². The highest BCUT2D eigenvalue weighted by molar-refractivity contribution is 7.85. The third kappa shape index (κ3) is 6.16. The topological polar surface area (TPSA) is 85.2 Å². The number of aliphatic hydroxyl groups excluding tert-OH is 1. The first-order valence-corrected chi connectivity index (χ1v) is 10.3. The molecule has 0 heterocycles. The van der Waals surface area contributed by atoms with E-state index in [4.69, 9.17) is 9.47 Å². The molecule has 11 heteroatoms.